The van der Waals surface area contributed by atoms with Gasteiger partial charge in [0, 0.05) is 6.42 Å². The van der Waals surface area contributed by atoms with E-state index in [0.717, 1.165) is 37.5 Å². The van der Waals surface area contributed by atoms with Crippen molar-refractivity contribution in [3.05, 3.63) is 0 Å². The molecular formula is C26H43FO7S. The molecule has 0 aromatic heterocycles. The lowest BCUT2D eigenvalue weighted by Gasteiger charge is -2.61. The Morgan fingerprint density at radius 3 is 2.34 bits per heavy atom. The van der Waals surface area contributed by atoms with E-state index < -0.39 is 23.2 Å². The van der Waals surface area contributed by atoms with Crippen LogP contribution in [0.5, 0.6) is 0 Å². The normalized spacial score (nSPS) is 41.4. The number of halogens is 1. The predicted octanol–water partition coefficient (Wildman–Crippen LogP) is 5.49. The monoisotopic (exact) mass is 518 g/mol. The third kappa shape index (κ3) is 5.93. The van der Waals surface area contributed by atoms with E-state index in [2.05, 4.69) is 20.8 Å². The van der Waals surface area contributed by atoms with Gasteiger partial charge in [-0.3, -0.25) is 14.1 Å². The van der Waals surface area contributed by atoms with Crippen LogP contribution in [0.4, 0.5) is 4.39 Å². The van der Waals surface area contributed by atoms with Crippen molar-refractivity contribution in [2.45, 2.75) is 97.5 Å². The van der Waals surface area contributed by atoms with Gasteiger partial charge in [0.15, 0.2) is 5.78 Å². The van der Waals surface area contributed by atoms with Crippen molar-refractivity contribution >= 4 is 22.7 Å². The molecule has 4 aliphatic carbocycles. The SMILES string of the molecule is C[C@H](CCC(=O)CF)[C@H]1CC[C@H]2[C@@H]3CC[C@@H]4C[C@H](OS(=O)(=O)O)CC[C@]4(C)[C@H]3CC[C@]12C.O=CO. The summed E-state index contributed by atoms with van der Waals surface area (Å²) >= 11 is 0. The first kappa shape index (κ1) is 28.5. The van der Waals surface area contributed by atoms with Gasteiger partial charge in [0.05, 0.1) is 6.10 Å². The molecule has 7 nitrogen and oxygen atoms in total. The second-order valence-electron chi connectivity index (χ2n) is 12.1. The molecule has 9 heteroatoms. The van der Waals surface area contributed by atoms with Crippen LogP contribution in [0.25, 0.3) is 0 Å². The topological polar surface area (TPSA) is 118 Å². The summed E-state index contributed by atoms with van der Waals surface area (Å²) in [5, 5.41) is 6.89. The highest BCUT2D eigenvalue weighted by atomic mass is 32.3. The zero-order valence-corrected chi connectivity index (χ0v) is 22.1. The number of hydrogen-bond donors (Lipinski definition) is 2. The standard InChI is InChI=1S/C25H41FO5S.CH2O2/c1-16(4-6-18(27)15-26)21-8-9-22-20-7-5-17-14-19(31-32(28,29)30)10-12-24(17,2)23(20)11-13-25(21,22)3;2-1-3/h16-17,19-23H,4-15H2,1-3H3,(H,28,29,30);1H,(H,2,3)/t16-,17-,19-,20+,21-,22+,23+,24+,25-;/m1./s1. The fourth-order valence-corrected chi connectivity index (χ4v) is 9.63. The number of carbonyl (C=O) groups is 2. The molecule has 9 atom stereocenters. The fraction of sp³-hybridized carbons (Fsp3) is 0.923. The molecule has 0 heterocycles. The molecule has 0 radical (unpaired) electrons. The van der Waals surface area contributed by atoms with Gasteiger partial charge in [-0.1, -0.05) is 20.8 Å². The van der Waals surface area contributed by atoms with Crippen LogP contribution in [0.1, 0.15) is 91.4 Å². The highest BCUT2D eigenvalue weighted by Gasteiger charge is 2.60. The minimum Gasteiger partial charge on any atom is -0.483 e. The van der Waals surface area contributed by atoms with Gasteiger partial charge in [0.2, 0.25) is 0 Å². The Morgan fingerprint density at radius 2 is 1.71 bits per heavy atom. The summed E-state index contributed by atoms with van der Waals surface area (Å²) in [6.07, 6.45) is 10.4. The fourth-order valence-electron chi connectivity index (χ4n) is 9.11. The third-order valence-electron chi connectivity index (χ3n) is 10.7. The Kier molecular flexibility index (Phi) is 9.07. The molecular weight excluding hydrogens is 475 g/mol. The molecule has 0 saturated heterocycles. The zero-order chi connectivity index (χ0) is 26.0. The van der Waals surface area contributed by atoms with Gasteiger partial charge >= 0.3 is 10.4 Å². The van der Waals surface area contributed by atoms with Crippen LogP contribution in [-0.4, -0.2) is 43.1 Å². The smallest absolute Gasteiger partial charge is 0.397 e. The van der Waals surface area contributed by atoms with Crippen molar-refractivity contribution in [1.82, 2.24) is 0 Å². The summed E-state index contributed by atoms with van der Waals surface area (Å²) in [6.45, 7) is 6.10. The Morgan fingerprint density at radius 1 is 1.09 bits per heavy atom. The second kappa shape index (κ2) is 11.1. The van der Waals surface area contributed by atoms with Gasteiger partial charge in [-0.15, -0.1) is 0 Å². The average molecular weight is 519 g/mol. The van der Waals surface area contributed by atoms with Crippen molar-refractivity contribution in [3.8, 4) is 0 Å². The number of rotatable bonds is 7. The molecule has 0 amide bonds. The number of hydrogen-bond acceptors (Lipinski definition) is 5. The van der Waals surface area contributed by atoms with Crippen LogP contribution >= 0.6 is 0 Å². The van der Waals surface area contributed by atoms with Crippen molar-refractivity contribution < 1.29 is 36.2 Å². The highest BCUT2D eigenvalue weighted by molar-refractivity contribution is 7.80. The minimum absolute atomic E-state index is 0.223. The number of carboxylic acid groups (broad SMARTS) is 1. The van der Waals surface area contributed by atoms with Gasteiger partial charge in [0.25, 0.3) is 6.47 Å². The molecule has 35 heavy (non-hydrogen) atoms. The quantitative estimate of drug-likeness (QED) is 0.338. The maximum Gasteiger partial charge on any atom is 0.397 e. The first-order chi connectivity index (χ1) is 16.4. The van der Waals surface area contributed by atoms with Crippen molar-refractivity contribution in [3.63, 3.8) is 0 Å². The zero-order valence-electron chi connectivity index (χ0n) is 21.3. The van der Waals surface area contributed by atoms with Gasteiger partial charge in [-0.25, -0.2) is 8.57 Å². The van der Waals surface area contributed by atoms with Crippen LogP contribution in [0.3, 0.4) is 0 Å². The second-order valence-corrected chi connectivity index (χ2v) is 13.1. The van der Waals surface area contributed by atoms with Crippen LogP contribution in [0, 0.1) is 46.3 Å². The Labute approximate surface area is 209 Å². The minimum atomic E-state index is -4.39. The molecule has 202 valence electrons. The lowest BCUT2D eigenvalue weighted by Crippen LogP contribution is -2.54. The molecule has 4 aliphatic rings. The summed E-state index contributed by atoms with van der Waals surface area (Å²) in [7, 11) is -4.39. The Hall–Kier alpha value is -1.06. The molecule has 0 unspecified atom stereocenters. The molecule has 0 aliphatic heterocycles. The molecule has 0 spiro atoms. The lowest BCUT2D eigenvalue weighted by atomic mass is 9.44. The number of carbonyl (C=O) groups excluding carboxylic acids is 1. The summed E-state index contributed by atoms with van der Waals surface area (Å²) in [4.78, 5) is 19.9. The maximum atomic E-state index is 12.6. The number of ketones is 1. The van der Waals surface area contributed by atoms with E-state index in [1.807, 2.05) is 0 Å². The van der Waals surface area contributed by atoms with E-state index in [-0.39, 0.29) is 17.7 Å². The van der Waals surface area contributed by atoms with Crippen LogP contribution < -0.4 is 0 Å². The summed E-state index contributed by atoms with van der Waals surface area (Å²) < 4.78 is 49.1. The van der Waals surface area contributed by atoms with Gasteiger partial charge in [-0.05, 0) is 111 Å². The van der Waals surface area contributed by atoms with E-state index in [9.17, 15) is 17.6 Å². The molecule has 4 fully saturated rings. The van der Waals surface area contributed by atoms with Crippen molar-refractivity contribution in [1.29, 1.82) is 0 Å². The number of alkyl halides is 1. The highest BCUT2D eigenvalue weighted by Crippen LogP contribution is 2.68. The molecule has 4 saturated carbocycles. The lowest BCUT2D eigenvalue weighted by molar-refractivity contribution is -0.127. The number of Topliss-reactive ketones (excluding diaryl/α,β-unsaturated/α-hetero) is 1. The van der Waals surface area contributed by atoms with Gasteiger partial charge in [0.1, 0.15) is 6.67 Å². The Balaban J connectivity index is 0.00000108. The van der Waals surface area contributed by atoms with Crippen LogP contribution in [0.2, 0.25) is 0 Å². The van der Waals surface area contributed by atoms with Gasteiger partial charge < -0.3 is 5.11 Å². The maximum absolute atomic E-state index is 12.6. The molecule has 0 aromatic rings. The van der Waals surface area contributed by atoms with Crippen molar-refractivity contribution in [2.24, 2.45) is 46.3 Å². The largest absolute Gasteiger partial charge is 0.483 e. The van der Waals surface area contributed by atoms with E-state index in [0.29, 0.717) is 41.9 Å². The molecule has 4 rings (SSSR count). The first-order valence-electron chi connectivity index (χ1n) is 13.2. The summed E-state index contributed by atoms with van der Waals surface area (Å²) in [5.41, 5.74) is 0.536. The predicted molar refractivity (Wildman–Crippen MR) is 130 cm³/mol. The van der Waals surface area contributed by atoms with Gasteiger partial charge in [-0.2, -0.15) is 8.42 Å². The van der Waals surface area contributed by atoms with E-state index in [1.165, 1.54) is 32.1 Å². The summed E-state index contributed by atoms with van der Waals surface area (Å²) in [5.74, 6) is 3.38. The third-order valence-corrected chi connectivity index (χ3v) is 11.2. The first-order valence-corrected chi connectivity index (χ1v) is 14.6. The average Bonchev–Trinajstić information content (AvgIpc) is 3.14. The van der Waals surface area contributed by atoms with Crippen LogP contribution in [-0.2, 0) is 24.2 Å². The molecule has 0 aromatic carbocycles. The van der Waals surface area contributed by atoms with E-state index in [4.69, 9.17) is 18.6 Å². The van der Waals surface area contributed by atoms with E-state index in [1.54, 1.807) is 0 Å². The molecule has 0 bridgehead atoms. The number of fused-ring (bicyclic) bond motifs is 5. The summed E-state index contributed by atoms with van der Waals surface area (Å²) in [6, 6.07) is 0. The van der Waals surface area contributed by atoms with E-state index >= 15 is 0 Å². The Bertz CT molecular complexity index is 864. The van der Waals surface area contributed by atoms with Crippen molar-refractivity contribution in [2.75, 3.05) is 6.67 Å². The molecule has 2 N–H and O–H groups in total. The van der Waals surface area contributed by atoms with Crippen LogP contribution in [0.15, 0.2) is 0 Å².